The standard InChI is InChI=1S/C23H18ClNO6S/c1-30-16-11-13(24)17(31-2)10-12(16)21(27)19-20(18-8-5-9-32-18)25(23(29)22(19)28)14-6-3-4-7-15(14)26/h3-11,20,26-27H,1-2H3/b21-19+. The van der Waals surface area contributed by atoms with E-state index in [9.17, 15) is 19.8 Å². The van der Waals surface area contributed by atoms with Crippen molar-refractivity contribution in [2.75, 3.05) is 19.1 Å². The highest BCUT2D eigenvalue weighted by molar-refractivity contribution is 7.10. The van der Waals surface area contributed by atoms with Gasteiger partial charge in [0.25, 0.3) is 11.7 Å². The minimum Gasteiger partial charge on any atom is -0.507 e. The number of aliphatic hydroxyl groups is 1. The normalized spacial score (nSPS) is 17.6. The van der Waals surface area contributed by atoms with Gasteiger partial charge in [-0.05, 0) is 29.6 Å². The van der Waals surface area contributed by atoms with Gasteiger partial charge in [0.05, 0.1) is 36.1 Å². The largest absolute Gasteiger partial charge is 0.507 e. The summed E-state index contributed by atoms with van der Waals surface area (Å²) in [6, 6.07) is 11.7. The molecule has 1 amide bonds. The van der Waals surface area contributed by atoms with Gasteiger partial charge in [-0.3, -0.25) is 14.5 Å². The molecule has 1 aromatic heterocycles. The van der Waals surface area contributed by atoms with E-state index in [0.29, 0.717) is 4.88 Å². The van der Waals surface area contributed by atoms with Gasteiger partial charge in [-0.2, -0.15) is 0 Å². The molecule has 2 heterocycles. The fourth-order valence-electron chi connectivity index (χ4n) is 3.66. The second-order valence-corrected chi connectivity index (χ2v) is 8.25. The molecule has 7 nitrogen and oxygen atoms in total. The van der Waals surface area contributed by atoms with Gasteiger partial charge in [0, 0.05) is 10.9 Å². The average Bonchev–Trinajstić information content (AvgIpc) is 3.40. The van der Waals surface area contributed by atoms with E-state index in [0.717, 1.165) is 0 Å². The molecule has 0 spiro atoms. The summed E-state index contributed by atoms with van der Waals surface area (Å²) in [6.07, 6.45) is 0. The van der Waals surface area contributed by atoms with Gasteiger partial charge < -0.3 is 19.7 Å². The van der Waals surface area contributed by atoms with Crippen LogP contribution in [-0.2, 0) is 9.59 Å². The van der Waals surface area contributed by atoms with Gasteiger partial charge in [-0.15, -0.1) is 11.3 Å². The molecule has 4 rings (SSSR count). The van der Waals surface area contributed by atoms with Crippen LogP contribution in [0.25, 0.3) is 5.76 Å². The number of carbonyl (C=O) groups is 2. The highest BCUT2D eigenvalue weighted by atomic mass is 35.5. The van der Waals surface area contributed by atoms with Crippen LogP contribution in [0.2, 0.25) is 5.02 Å². The number of benzene rings is 2. The highest BCUT2D eigenvalue weighted by Crippen LogP contribution is 2.47. The zero-order valence-electron chi connectivity index (χ0n) is 17.0. The summed E-state index contributed by atoms with van der Waals surface area (Å²) in [4.78, 5) is 28.1. The molecule has 9 heteroatoms. The SMILES string of the molecule is COc1cc(/C(O)=C2\C(=O)C(=O)N(c3ccccc3O)C2c2cccs2)c(OC)cc1Cl. The summed E-state index contributed by atoms with van der Waals surface area (Å²) in [7, 11) is 2.81. The number of phenolic OH excluding ortho intramolecular Hbond substituents is 1. The molecule has 1 aliphatic rings. The van der Waals surface area contributed by atoms with Crippen LogP contribution in [0.1, 0.15) is 16.5 Å². The molecule has 1 fully saturated rings. The molecular weight excluding hydrogens is 454 g/mol. The van der Waals surface area contributed by atoms with Gasteiger partial charge in [-0.25, -0.2) is 0 Å². The Kier molecular flexibility index (Phi) is 5.82. The number of phenols is 1. The average molecular weight is 472 g/mol. The van der Waals surface area contributed by atoms with E-state index in [2.05, 4.69) is 0 Å². The number of ether oxygens (including phenoxy) is 2. The summed E-state index contributed by atoms with van der Waals surface area (Å²) in [5.74, 6) is -1.90. The lowest BCUT2D eigenvalue weighted by Crippen LogP contribution is -2.29. The second kappa shape index (κ2) is 8.57. The van der Waals surface area contributed by atoms with E-state index in [1.165, 1.54) is 54.7 Å². The third-order valence-electron chi connectivity index (χ3n) is 5.13. The molecule has 3 aromatic rings. The first-order valence-electron chi connectivity index (χ1n) is 9.43. The number of hydrogen-bond donors (Lipinski definition) is 2. The Morgan fingerprint density at radius 2 is 1.78 bits per heavy atom. The van der Waals surface area contributed by atoms with E-state index in [1.54, 1.807) is 29.6 Å². The number of thiophene rings is 1. The summed E-state index contributed by atoms with van der Waals surface area (Å²) < 4.78 is 10.6. The Labute approximate surface area is 192 Å². The molecule has 0 saturated carbocycles. The molecule has 32 heavy (non-hydrogen) atoms. The fourth-order valence-corrected chi connectivity index (χ4v) is 4.71. The third-order valence-corrected chi connectivity index (χ3v) is 6.35. The number of Topliss-reactive ketones (excluding diaryl/α,β-unsaturated/α-hetero) is 1. The Hall–Kier alpha value is -3.49. The smallest absolute Gasteiger partial charge is 0.300 e. The zero-order chi connectivity index (χ0) is 23.0. The number of para-hydroxylation sites is 2. The Morgan fingerprint density at radius 3 is 2.41 bits per heavy atom. The lowest BCUT2D eigenvalue weighted by atomic mass is 9.99. The van der Waals surface area contributed by atoms with Crippen LogP contribution >= 0.6 is 22.9 Å². The summed E-state index contributed by atoms with van der Waals surface area (Å²) >= 11 is 7.48. The van der Waals surface area contributed by atoms with Gasteiger partial charge >= 0.3 is 0 Å². The van der Waals surface area contributed by atoms with Crippen molar-refractivity contribution in [1.29, 1.82) is 0 Å². The summed E-state index contributed by atoms with van der Waals surface area (Å²) in [5, 5.41) is 23.7. The van der Waals surface area contributed by atoms with Gasteiger partial charge in [0.2, 0.25) is 0 Å². The van der Waals surface area contributed by atoms with Crippen LogP contribution in [0.5, 0.6) is 17.2 Å². The number of halogens is 1. The van der Waals surface area contributed by atoms with Crippen LogP contribution in [0, 0.1) is 0 Å². The number of carbonyl (C=O) groups excluding carboxylic acids is 2. The van der Waals surface area contributed by atoms with E-state index < -0.39 is 23.5 Å². The van der Waals surface area contributed by atoms with Crippen molar-refractivity contribution >= 4 is 46.1 Å². The van der Waals surface area contributed by atoms with Crippen LogP contribution < -0.4 is 14.4 Å². The monoisotopic (exact) mass is 471 g/mol. The number of methoxy groups -OCH3 is 2. The van der Waals surface area contributed by atoms with E-state index in [-0.39, 0.29) is 39.1 Å². The van der Waals surface area contributed by atoms with Crippen molar-refractivity contribution in [3.8, 4) is 17.2 Å². The number of aliphatic hydroxyl groups excluding tert-OH is 1. The molecule has 1 unspecified atom stereocenters. The molecule has 2 N–H and O–H groups in total. The van der Waals surface area contributed by atoms with Crippen molar-refractivity contribution in [3.05, 3.63) is 74.9 Å². The van der Waals surface area contributed by atoms with Gasteiger partial charge in [0.1, 0.15) is 29.0 Å². The maximum absolute atomic E-state index is 13.2. The predicted molar refractivity (Wildman–Crippen MR) is 122 cm³/mol. The first-order valence-corrected chi connectivity index (χ1v) is 10.7. The summed E-state index contributed by atoms with van der Waals surface area (Å²) in [6.45, 7) is 0. The van der Waals surface area contributed by atoms with Crippen LogP contribution in [0.3, 0.4) is 0 Å². The van der Waals surface area contributed by atoms with E-state index in [4.69, 9.17) is 21.1 Å². The summed E-state index contributed by atoms with van der Waals surface area (Å²) in [5.41, 5.74) is 0.168. The first kappa shape index (κ1) is 21.7. The van der Waals surface area contributed by atoms with Crippen molar-refractivity contribution < 1.29 is 29.3 Å². The molecule has 0 aliphatic carbocycles. The number of anilines is 1. The van der Waals surface area contributed by atoms with Crippen LogP contribution in [-0.4, -0.2) is 36.1 Å². The lowest BCUT2D eigenvalue weighted by molar-refractivity contribution is -0.132. The number of hydrogen-bond acceptors (Lipinski definition) is 7. The fraction of sp³-hybridized carbons (Fsp3) is 0.130. The Balaban J connectivity index is 1.99. The first-order chi connectivity index (χ1) is 15.4. The van der Waals surface area contributed by atoms with E-state index >= 15 is 0 Å². The van der Waals surface area contributed by atoms with E-state index in [1.807, 2.05) is 0 Å². The number of nitrogens with zero attached hydrogens (tertiary/aromatic N) is 1. The highest BCUT2D eigenvalue weighted by Gasteiger charge is 2.48. The Morgan fingerprint density at radius 1 is 1.06 bits per heavy atom. The molecule has 1 atom stereocenters. The quantitative estimate of drug-likeness (QED) is 0.316. The van der Waals surface area contributed by atoms with Gasteiger partial charge in [-0.1, -0.05) is 29.8 Å². The maximum atomic E-state index is 13.2. The number of ketones is 1. The third kappa shape index (κ3) is 3.47. The Bertz CT molecular complexity index is 1240. The minimum absolute atomic E-state index is 0.136. The van der Waals surface area contributed by atoms with Crippen molar-refractivity contribution in [1.82, 2.24) is 0 Å². The molecule has 164 valence electrons. The number of aromatic hydroxyl groups is 1. The molecule has 1 aliphatic heterocycles. The van der Waals surface area contributed by atoms with Crippen LogP contribution in [0.4, 0.5) is 5.69 Å². The molecule has 0 bridgehead atoms. The van der Waals surface area contributed by atoms with Gasteiger partial charge in [0.15, 0.2) is 0 Å². The molecule has 1 saturated heterocycles. The minimum atomic E-state index is -0.949. The topological polar surface area (TPSA) is 96.3 Å². The molecule has 2 aromatic carbocycles. The zero-order valence-corrected chi connectivity index (χ0v) is 18.6. The lowest BCUT2D eigenvalue weighted by Gasteiger charge is -2.25. The van der Waals surface area contributed by atoms with Crippen molar-refractivity contribution in [3.63, 3.8) is 0 Å². The molecular formula is C23H18ClNO6S. The number of rotatable bonds is 5. The number of amides is 1. The molecule has 0 radical (unpaired) electrons. The maximum Gasteiger partial charge on any atom is 0.300 e. The predicted octanol–water partition coefficient (Wildman–Crippen LogP) is 4.75. The van der Waals surface area contributed by atoms with Crippen LogP contribution in [0.15, 0.2) is 59.5 Å². The second-order valence-electron chi connectivity index (χ2n) is 6.86. The van der Waals surface area contributed by atoms with Crippen molar-refractivity contribution in [2.24, 2.45) is 0 Å². The van der Waals surface area contributed by atoms with Crippen molar-refractivity contribution in [2.45, 2.75) is 6.04 Å².